The second-order valence-electron chi connectivity index (χ2n) is 6.68. The van der Waals surface area contributed by atoms with Gasteiger partial charge >= 0.3 is 6.09 Å². The molecule has 0 bridgehead atoms. The Morgan fingerprint density at radius 1 is 1.20 bits per heavy atom. The first-order valence-corrected chi connectivity index (χ1v) is 8.95. The van der Waals surface area contributed by atoms with Crippen molar-refractivity contribution < 1.29 is 17.9 Å². The van der Waals surface area contributed by atoms with Gasteiger partial charge in [0.05, 0.1) is 0 Å². The Kier molecular flexibility index (Phi) is 3.99. The van der Waals surface area contributed by atoms with Gasteiger partial charge in [0.2, 0.25) is 0 Å². The molecule has 2 saturated heterocycles. The first-order chi connectivity index (χ1) is 9.01. The van der Waals surface area contributed by atoms with Gasteiger partial charge in [-0.1, -0.05) is 0 Å². The molecule has 1 unspecified atom stereocenters. The fourth-order valence-electron chi connectivity index (χ4n) is 2.83. The van der Waals surface area contributed by atoms with Crippen LogP contribution >= 0.6 is 10.7 Å². The Bertz CT molecular complexity index is 502. The van der Waals surface area contributed by atoms with Gasteiger partial charge in [0.1, 0.15) is 5.60 Å². The summed E-state index contributed by atoms with van der Waals surface area (Å²) >= 11 is 0. The molecule has 2 heterocycles. The molecule has 1 amide bonds. The van der Waals surface area contributed by atoms with E-state index in [0.717, 1.165) is 12.8 Å². The number of rotatable bonds is 1. The number of likely N-dealkylation sites (tertiary alicyclic amines) is 1. The van der Waals surface area contributed by atoms with Crippen molar-refractivity contribution in [2.24, 2.45) is 5.41 Å². The Morgan fingerprint density at radius 3 is 2.30 bits per heavy atom. The lowest BCUT2D eigenvalue weighted by molar-refractivity contribution is 0.0275. The van der Waals surface area contributed by atoms with E-state index in [1.165, 1.54) is 4.31 Å². The summed E-state index contributed by atoms with van der Waals surface area (Å²) in [5.41, 5.74) is -0.688. The van der Waals surface area contributed by atoms with E-state index in [9.17, 15) is 13.2 Å². The highest BCUT2D eigenvalue weighted by Gasteiger charge is 2.47. The minimum absolute atomic E-state index is 0.168. The van der Waals surface area contributed by atoms with E-state index < -0.39 is 14.8 Å². The fraction of sp³-hybridized carbons (Fsp3) is 0.917. The molecular weight excluding hydrogens is 304 g/mol. The van der Waals surface area contributed by atoms with E-state index in [0.29, 0.717) is 26.2 Å². The van der Waals surface area contributed by atoms with E-state index >= 15 is 0 Å². The molecule has 116 valence electrons. The van der Waals surface area contributed by atoms with Crippen LogP contribution in [0.2, 0.25) is 0 Å². The molecule has 6 nitrogen and oxygen atoms in total. The highest BCUT2D eigenvalue weighted by molar-refractivity contribution is 8.11. The summed E-state index contributed by atoms with van der Waals surface area (Å²) in [6.07, 6.45) is 1.19. The monoisotopic (exact) mass is 324 g/mol. The molecule has 1 spiro atoms. The molecule has 8 heteroatoms. The first kappa shape index (κ1) is 15.9. The van der Waals surface area contributed by atoms with Gasteiger partial charge in [-0.2, -0.15) is 12.7 Å². The Hall–Kier alpha value is -0.530. The standard InChI is InChI=1S/C12H21ClN2O4S/c1-11(2,3)19-10(16)14-6-4-12(8-14)5-7-15(9-12)20(13,17)18/h4-9H2,1-3H3. The van der Waals surface area contributed by atoms with Crippen LogP contribution in [-0.4, -0.2) is 55.5 Å². The van der Waals surface area contributed by atoms with Gasteiger partial charge in [-0.3, -0.25) is 0 Å². The number of amides is 1. The Balaban J connectivity index is 1.98. The maximum atomic E-state index is 12.0. The van der Waals surface area contributed by atoms with Crippen LogP contribution < -0.4 is 0 Å². The molecule has 20 heavy (non-hydrogen) atoms. The highest BCUT2D eigenvalue weighted by atomic mass is 35.7. The first-order valence-electron chi connectivity index (χ1n) is 6.69. The fourth-order valence-corrected chi connectivity index (χ4v) is 3.92. The van der Waals surface area contributed by atoms with Crippen molar-refractivity contribution in [3.05, 3.63) is 0 Å². The molecule has 0 radical (unpaired) electrons. The molecule has 2 rings (SSSR count). The summed E-state index contributed by atoms with van der Waals surface area (Å²) in [5.74, 6) is 0. The lowest BCUT2D eigenvalue weighted by Crippen LogP contribution is -2.38. The zero-order valence-electron chi connectivity index (χ0n) is 12.1. The smallest absolute Gasteiger partial charge is 0.410 e. The second-order valence-corrected chi connectivity index (χ2v) is 9.19. The van der Waals surface area contributed by atoms with Crippen LogP contribution in [0.3, 0.4) is 0 Å². The number of hydrogen-bond donors (Lipinski definition) is 0. The third kappa shape index (κ3) is 3.56. The molecule has 2 aliphatic heterocycles. The van der Waals surface area contributed by atoms with E-state index in [1.54, 1.807) is 4.90 Å². The summed E-state index contributed by atoms with van der Waals surface area (Å²) in [6.45, 7) is 7.43. The van der Waals surface area contributed by atoms with Gasteiger partial charge in [0.25, 0.3) is 9.24 Å². The van der Waals surface area contributed by atoms with E-state index in [1.807, 2.05) is 20.8 Å². The third-order valence-electron chi connectivity index (χ3n) is 3.80. The van der Waals surface area contributed by atoms with Crippen molar-refractivity contribution in [3.63, 3.8) is 0 Å². The van der Waals surface area contributed by atoms with Crippen molar-refractivity contribution in [2.45, 2.75) is 39.2 Å². The normalized spacial score (nSPS) is 28.3. The van der Waals surface area contributed by atoms with Gasteiger partial charge in [-0.15, -0.1) is 0 Å². The molecule has 2 aliphatic rings. The Labute approximate surface area is 124 Å². The lowest BCUT2D eigenvalue weighted by Gasteiger charge is -2.26. The van der Waals surface area contributed by atoms with Crippen molar-refractivity contribution >= 4 is 26.0 Å². The number of ether oxygens (including phenoxy) is 1. The predicted octanol–water partition coefficient (Wildman–Crippen LogP) is 1.80. The predicted molar refractivity (Wildman–Crippen MR) is 75.8 cm³/mol. The van der Waals surface area contributed by atoms with Gasteiger partial charge in [0.15, 0.2) is 0 Å². The number of nitrogens with zero attached hydrogens (tertiary/aromatic N) is 2. The van der Waals surface area contributed by atoms with Crippen molar-refractivity contribution in [3.8, 4) is 0 Å². The topological polar surface area (TPSA) is 66.9 Å². The molecule has 0 N–H and O–H groups in total. The van der Waals surface area contributed by atoms with Crippen molar-refractivity contribution in [2.75, 3.05) is 26.2 Å². The minimum atomic E-state index is -3.66. The largest absolute Gasteiger partial charge is 0.444 e. The van der Waals surface area contributed by atoms with Crippen molar-refractivity contribution in [1.82, 2.24) is 9.21 Å². The average Bonchev–Trinajstić information content (AvgIpc) is 2.84. The molecule has 0 aromatic heterocycles. The number of hydrogen-bond acceptors (Lipinski definition) is 4. The molecule has 0 aromatic rings. The van der Waals surface area contributed by atoms with Crippen LogP contribution in [0.1, 0.15) is 33.6 Å². The number of carbonyl (C=O) groups excluding carboxylic acids is 1. The lowest BCUT2D eigenvalue weighted by atomic mass is 9.87. The SMILES string of the molecule is CC(C)(C)OC(=O)N1CCC2(CCN(S(=O)(=O)Cl)C2)C1. The summed E-state index contributed by atoms with van der Waals surface area (Å²) in [6, 6.07) is 0. The van der Waals surface area contributed by atoms with Gasteiger partial charge in [0, 0.05) is 42.3 Å². The average molecular weight is 325 g/mol. The Morgan fingerprint density at radius 2 is 1.80 bits per heavy atom. The molecule has 0 aliphatic carbocycles. The maximum absolute atomic E-state index is 12.0. The summed E-state index contributed by atoms with van der Waals surface area (Å²) in [5, 5.41) is 0. The molecular formula is C12H21ClN2O4S. The van der Waals surface area contributed by atoms with Crippen LogP contribution in [0.15, 0.2) is 0 Å². The minimum Gasteiger partial charge on any atom is -0.444 e. The quantitative estimate of drug-likeness (QED) is 0.690. The molecule has 0 aromatic carbocycles. The van der Waals surface area contributed by atoms with Crippen LogP contribution in [0.4, 0.5) is 4.79 Å². The van der Waals surface area contributed by atoms with E-state index in [-0.39, 0.29) is 11.5 Å². The van der Waals surface area contributed by atoms with Crippen molar-refractivity contribution in [1.29, 1.82) is 0 Å². The molecule has 0 saturated carbocycles. The van der Waals surface area contributed by atoms with Gasteiger partial charge < -0.3 is 9.64 Å². The number of carbonyl (C=O) groups is 1. The summed E-state index contributed by atoms with van der Waals surface area (Å²) in [7, 11) is 1.72. The zero-order valence-corrected chi connectivity index (χ0v) is 13.6. The van der Waals surface area contributed by atoms with E-state index in [4.69, 9.17) is 15.4 Å². The van der Waals surface area contributed by atoms with Crippen LogP contribution in [0, 0.1) is 5.41 Å². The van der Waals surface area contributed by atoms with Gasteiger partial charge in [-0.25, -0.2) is 4.79 Å². The van der Waals surface area contributed by atoms with Crippen LogP contribution in [0.25, 0.3) is 0 Å². The van der Waals surface area contributed by atoms with Crippen LogP contribution in [-0.2, 0) is 14.0 Å². The summed E-state index contributed by atoms with van der Waals surface area (Å²) in [4.78, 5) is 13.7. The maximum Gasteiger partial charge on any atom is 0.410 e. The zero-order chi connectivity index (χ0) is 15.2. The van der Waals surface area contributed by atoms with Gasteiger partial charge in [-0.05, 0) is 33.6 Å². The van der Waals surface area contributed by atoms with E-state index in [2.05, 4.69) is 0 Å². The second kappa shape index (κ2) is 5.03. The number of halogens is 1. The third-order valence-corrected chi connectivity index (χ3v) is 5.32. The highest BCUT2D eigenvalue weighted by Crippen LogP contribution is 2.41. The van der Waals surface area contributed by atoms with Crippen LogP contribution in [0.5, 0.6) is 0 Å². The summed E-state index contributed by atoms with van der Waals surface area (Å²) < 4.78 is 29.4. The molecule has 2 fully saturated rings. The molecule has 1 atom stereocenters.